The number of nitrogens with one attached hydrogen (secondary N) is 1. The third-order valence-electron chi connectivity index (χ3n) is 4.93. The second-order valence-corrected chi connectivity index (χ2v) is 6.54. The molecular formula is C19H23N5O2. The zero-order valence-corrected chi connectivity index (χ0v) is 15.1. The molecule has 1 aliphatic rings. The molecule has 0 aliphatic heterocycles. The van der Waals surface area contributed by atoms with Gasteiger partial charge in [0.25, 0.3) is 0 Å². The van der Waals surface area contributed by atoms with Crippen molar-refractivity contribution in [3.05, 3.63) is 36.3 Å². The van der Waals surface area contributed by atoms with E-state index in [2.05, 4.69) is 19.9 Å². The Morgan fingerprint density at radius 1 is 1.12 bits per heavy atom. The predicted molar refractivity (Wildman–Crippen MR) is 99.7 cm³/mol. The topological polar surface area (TPSA) is 74.1 Å². The molecular weight excluding hydrogens is 330 g/mol. The molecule has 136 valence electrons. The quantitative estimate of drug-likeness (QED) is 0.730. The molecule has 3 aromatic rings. The minimum absolute atomic E-state index is 0.508. The van der Waals surface area contributed by atoms with E-state index in [1.165, 1.54) is 25.7 Å². The van der Waals surface area contributed by atoms with Crippen molar-refractivity contribution >= 4 is 17.1 Å². The third kappa shape index (κ3) is 3.16. The Hall–Kier alpha value is -2.83. The summed E-state index contributed by atoms with van der Waals surface area (Å²) in [7, 11) is 3.27. The van der Waals surface area contributed by atoms with Gasteiger partial charge >= 0.3 is 0 Å². The minimum Gasteiger partial charge on any atom is -0.493 e. The minimum atomic E-state index is 0.508. The highest BCUT2D eigenvalue weighted by atomic mass is 16.5. The number of rotatable bonds is 6. The second-order valence-electron chi connectivity index (χ2n) is 6.54. The molecule has 2 heterocycles. The molecule has 1 N–H and O–H groups in total. The number of benzene rings is 1. The van der Waals surface area contributed by atoms with Crippen molar-refractivity contribution in [2.45, 2.75) is 38.3 Å². The molecule has 0 atom stereocenters. The van der Waals surface area contributed by atoms with Crippen molar-refractivity contribution < 1.29 is 9.47 Å². The number of hydrogen-bond donors (Lipinski definition) is 1. The number of methoxy groups -OCH3 is 2. The van der Waals surface area contributed by atoms with E-state index in [0.29, 0.717) is 24.3 Å². The second kappa shape index (κ2) is 7.19. The van der Waals surface area contributed by atoms with Crippen LogP contribution in [0.2, 0.25) is 0 Å². The Morgan fingerprint density at radius 3 is 2.69 bits per heavy atom. The number of ether oxygens (including phenoxy) is 2. The maximum atomic E-state index is 5.35. The maximum absolute atomic E-state index is 5.35. The molecule has 0 radical (unpaired) electrons. The summed E-state index contributed by atoms with van der Waals surface area (Å²) >= 11 is 0. The normalized spacial score (nSPS) is 14.7. The molecule has 0 spiro atoms. The van der Waals surface area contributed by atoms with Crippen LogP contribution in [0.5, 0.6) is 11.5 Å². The summed E-state index contributed by atoms with van der Waals surface area (Å²) in [5.41, 5.74) is 2.81. The Bertz CT molecular complexity index is 902. The average Bonchev–Trinajstić information content (AvgIpc) is 3.35. The summed E-state index contributed by atoms with van der Waals surface area (Å²) in [6, 6.07) is 6.35. The molecule has 4 rings (SSSR count). The van der Waals surface area contributed by atoms with Gasteiger partial charge in [0, 0.05) is 12.6 Å². The molecule has 1 fully saturated rings. The van der Waals surface area contributed by atoms with E-state index in [9.17, 15) is 0 Å². The maximum Gasteiger partial charge on any atom is 0.225 e. The highest BCUT2D eigenvalue weighted by Gasteiger charge is 2.19. The number of aromatic nitrogens is 4. The van der Waals surface area contributed by atoms with Gasteiger partial charge in [-0.15, -0.1) is 0 Å². The van der Waals surface area contributed by atoms with E-state index in [0.717, 1.165) is 22.5 Å². The van der Waals surface area contributed by atoms with Crippen molar-refractivity contribution in [2.75, 3.05) is 19.5 Å². The first-order valence-corrected chi connectivity index (χ1v) is 8.93. The number of nitrogens with zero attached hydrogens (tertiary/aromatic N) is 4. The molecule has 0 unspecified atom stereocenters. The van der Waals surface area contributed by atoms with Crippen LogP contribution in [0.3, 0.4) is 0 Å². The first-order chi connectivity index (χ1) is 12.8. The van der Waals surface area contributed by atoms with Crippen LogP contribution in [-0.2, 0) is 6.54 Å². The van der Waals surface area contributed by atoms with Gasteiger partial charge in [-0.25, -0.2) is 9.97 Å². The standard InChI is InChI=1S/C19H23N5O2/c1-25-16-8-7-13(9-17(16)26-2)10-20-19-21-11-15-18(23-19)24(12-22-15)14-5-3-4-6-14/h7-9,11-12,14H,3-6,10H2,1-2H3,(H,20,21,23). The van der Waals surface area contributed by atoms with Crippen molar-refractivity contribution in [2.24, 2.45) is 0 Å². The SMILES string of the molecule is COc1ccc(CNc2ncc3ncn(C4CCCC4)c3n2)cc1OC. The average molecular weight is 353 g/mol. The Labute approximate surface area is 152 Å². The Kier molecular flexibility index (Phi) is 4.60. The van der Waals surface area contributed by atoms with Gasteiger partial charge in [0.2, 0.25) is 5.95 Å². The van der Waals surface area contributed by atoms with Crippen molar-refractivity contribution in [1.82, 2.24) is 19.5 Å². The molecule has 1 aromatic carbocycles. The highest BCUT2D eigenvalue weighted by molar-refractivity contribution is 5.71. The molecule has 0 amide bonds. The van der Waals surface area contributed by atoms with E-state index in [4.69, 9.17) is 14.5 Å². The summed E-state index contributed by atoms with van der Waals surface area (Å²) in [5.74, 6) is 2.03. The summed E-state index contributed by atoms with van der Waals surface area (Å²) in [6.07, 6.45) is 8.63. The highest BCUT2D eigenvalue weighted by Crippen LogP contribution is 2.31. The van der Waals surface area contributed by atoms with Crippen molar-refractivity contribution in [3.8, 4) is 11.5 Å². The Morgan fingerprint density at radius 2 is 1.92 bits per heavy atom. The van der Waals surface area contributed by atoms with Crippen molar-refractivity contribution in [1.29, 1.82) is 0 Å². The van der Waals surface area contributed by atoms with Crippen LogP contribution in [0.1, 0.15) is 37.3 Å². The lowest BCUT2D eigenvalue weighted by atomic mass is 10.2. The summed E-state index contributed by atoms with van der Waals surface area (Å²) in [4.78, 5) is 13.5. The fraction of sp³-hybridized carbons (Fsp3) is 0.421. The van der Waals surface area contributed by atoms with Crippen LogP contribution < -0.4 is 14.8 Å². The third-order valence-corrected chi connectivity index (χ3v) is 4.93. The predicted octanol–water partition coefficient (Wildman–Crippen LogP) is 3.57. The zero-order chi connectivity index (χ0) is 17.9. The molecule has 2 aromatic heterocycles. The fourth-order valence-corrected chi connectivity index (χ4v) is 3.53. The number of fused-ring (bicyclic) bond motifs is 1. The summed E-state index contributed by atoms with van der Waals surface area (Å²) in [5, 5.41) is 3.29. The van der Waals surface area contributed by atoms with Crippen LogP contribution in [0.25, 0.3) is 11.2 Å². The van der Waals surface area contributed by atoms with Gasteiger partial charge in [-0.05, 0) is 30.5 Å². The van der Waals surface area contributed by atoms with Crippen LogP contribution in [0.15, 0.2) is 30.7 Å². The van der Waals surface area contributed by atoms with Gasteiger partial charge < -0.3 is 19.4 Å². The van der Waals surface area contributed by atoms with E-state index in [1.807, 2.05) is 24.5 Å². The molecule has 1 aliphatic carbocycles. The summed E-state index contributed by atoms with van der Waals surface area (Å²) in [6.45, 7) is 0.601. The molecule has 7 nitrogen and oxygen atoms in total. The monoisotopic (exact) mass is 353 g/mol. The molecule has 0 saturated heterocycles. The van der Waals surface area contributed by atoms with E-state index < -0.39 is 0 Å². The number of anilines is 1. The van der Waals surface area contributed by atoms with E-state index >= 15 is 0 Å². The van der Waals surface area contributed by atoms with Gasteiger partial charge in [0.15, 0.2) is 17.1 Å². The van der Waals surface area contributed by atoms with Crippen molar-refractivity contribution in [3.63, 3.8) is 0 Å². The number of hydrogen-bond acceptors (Lipinski definition) is 6. The van der Waals surface area contributed by atoms with Crippen LogP contribution in [0, 0.1) is 0 Å². The lowest BCUT2D eigenvalue weighted by molar-refractivity contribution is 0.354. The fourth-order valence-electron chi connectivity index (χ4n) is 3.53. The molecule has 26 heavy (non-hydrogen) atoms. The lowest BCUT2D eigenvalue weighted by Crippen LogP contribution is -2.07. The van der Waals surface area contributed by atoms with Crippen LogP contribution in [0.4, 0.5) is 5.95 Å². The van der Waals surface area contributed by atoms with Gasteiger partial charge in [-0.1, -0.05) is 18.9 Å². The smallest absolute Gasteiger partial charge is 0.225 e. The van der Waals surface area contributed by atoms with E-state index in [1.54, 1.807) is 20.4 Å². The molecule has 7 heteroatoms. The van der Waals surface area contributed by atoms with Gasteiger partial charge in [0.1, 0.15) is 5.52 Å². The summed E-state index contributed by atoms with van der Waals surface area (Å²) < 4.78 is 12.8. The molecule has 1 saturated carbocycles. The van der Waals surface area contributed by atoms with E-state index in [-0.39, 0.29) is 0 Å². The van der Waals surface area contributed by atoms with Gasteiger partial charge in [0.05, 0.1) is 26.7 Å². The van der Waals surface area contributed by atoms with Crippen LogP contribution >= 0.6 is 0 Å². The van der Waals surface area contributed by atoms with Gasteiger partial charge in [-0.2, -0.15) is 4.98 Å². The first-order valence-electron chi connectivity index (χ1n) is 8.93. The lowest BCUT2D eigenvalue weighted by Gasteiger charge is -2.12. The Balaban J connectivity index is 1.53. The number of imidazole rings is 1. The first kappa shape index (κ1) is 16.6. The largest absolute Gasteiger partial charge is 0.493 e. The zero-order valence-electron chi connectivity index (χ0n) is 15.1. The van der Waals surface area contributed by atoms with Gasteiger partial charge in [-0.3, -0.25) is 0 Å². The van der Waals surface area contributed by atoms with Crippen LogP contribution in [-0.4, -0.2) is 33.7 Å². The molecule has 0 bridgehead atoms.